The molecule has 0 aliphatic heterocycles. The van der Waals surface area contributed by atoms with Gasteiger partial charge in [0.05, 0.1) is 36.5 Å². The Morgan fingerprint density at radius 3 is 2.13 bits per heavy atom. The fourth-order valence-electron chi connectivity index (χ4n) is 5.79. The molecular formula is C38H45FN2O6. The molecule has 250 valence electrons. The van der Waals surface area contributed by atoms with Crippen molar-refractivity contribution in [1.29, 1.82) is 0 Å². The number of para-hydroxylation sites is 1. The van der Waals surface area contributed by atoms with Gasteiger partial charge in [-0.2, -0.15) is 0 Å². The molecule has 0 fully saturated rings. The summed E-state index contributed by atoms with van der Waals surface area (Å²) in [4.78, 5) is 26.4. The molecule has 1 amide bonds. The van der Waals surface area contributed by atoms with Crippen LogP contribution in [-0.4, -0.2) is 59.2 Å². The summed E-state index contributed by atoms with van der Waals surface area (Å²) in [6.45, 7) is 5.15. The van der Waals surface area contributed by atoms with E-state index < -0.39 is 18.2 Å². The second-order valence-electron chi connectivity index (χ2n) is 11.9. The Labute approximate surface area is 276 Å². The number of aliphatic hydroxyl groups is 2. The smallest absolute Gasteiger partial charge is 0.308 e. The second kappa shape index (κ2) is 17.6. The lowest BCUT2D eigenvalue weighted by Crippen LogP contribution is -2.23. The highest BCUT2D eigenvalue weighted by molar-refractivity contribution is 6.12. The van der Waals surface area contributed by atoms with Crippen molar-refractivity contribution in [2.24, 2.45) is 0 Å². The summed E-state index contributed by atoms with van der Waals surface area (Å²) in [5.41, 5.74) is 4.88. The van der Waals surface area contributed by atoms with E-state index in [-0.39, 0.29) is 43.5 Å². The third-order valence-corrected chi connectivity index (χ3v) is 7.93. The van der Waals surface area contributed by atoms with Crippen molar-refractivity contribution < 1.29 is 33.7 Å². The highest BCUT2D eigenvalue weighted by Crippen LogP contribution is 2.42. The summed E-state index contributed by atoms with van der Waals surface area (Å²) < 4.78 is 26.4. The summed E-state index contributed by atoms with van der Waals surface area (Å²) in [5.74, 6) is -1.28. The quantitative estimate of drug-likeness (QED) is 0.0829. The molecular weight excluding hydrogens is 599 g/mol. The summed E-state index contributed by atoms with van der Waals surface area (Å²) in [6, 6.07) is 25.0. The SMILES string of the molecule is COCCCCOC(=O)C[C@H](O)C[C@H](O)CCn1c(-c2ccc(F)cc2)c(-c2ccccc2)c(C(=O)Nc2ccccc2)c1C(C)C. The lowest BCUT2D eigenvalue weighted by atomic mass is 9.94. The van der Waals surface area contributed by atoms with Gasteiger partial charge in [0.1, 0.15) is 5.82 Å². The number of benzene rings is 3. The van der Waals surface area contributed by atoms with Gasteiger partial charge in [-0.3, -0.25) is 9.59 Å². The van der Waals surface area contributed by atoms with Crippen molar-refractivity contribution in [2.45, 2.75) is 70.6 Å². The van der Waals surface area contributed by atoms with E-state index in [1.807, 2.05) is 79.1 Å². The molecule has 0 radical (unpaired) electrons. The van der Waals surface area contributed by atoms with Crippen molar-refractivity contribution in [3.63, 3.8) is 0 Å². The number of methoxy groups -OCH3 is 1. The minimum atomic E-state index is -1.07. The standard InChI is InChI=1S/C38H45FN2O6/c1-26(2)36-35(38(45)40-30-14-8-5-9-15-30)34(27-12-6-4-7-13-27)37(28-16-18-29(39)19-17-28)41(36)21-20-31(42)24-32(43)25-33(44)47-23-11-10-22-46-3/h4-9,12-19,26,31-32,42-43H,10-11,20-25H2,1-3H3,(H,40,45)/t31-,32-/m1/s1. The van der Waals surface area contributed by atoms with Crippen LogP contribution in [0.4, 0.5) is 10.1 Å². The van der Waals surface area contributed by atoms with E-state index in [0.717, 1.165) is 23.4 Å². The predicted octanol–water partition coefficient (Wildman–Crippen LogP) is 7.20. The average Bonchev–Trinajstić information content (AvgIpc) is 3.40. The zero-order valence-electron chi connectivity index (χ0n) is 27.3. The van der Waals surface area contributed by atoms with Gasteiger partial charge in [-0.1, -0.05) is 62.4 Å². The van der Waals surface area contributed by atoms with Crippen LogP contribution in [0.2, 0.25) is 0 Å². The lowest BCUT2D eigenvalue weighted by molar-refractivity contribution is -0.146. The van der Waals surface area contributed by atoms with Crippen molar-refractivity contribution >= 4 is 17.6 Å². The molecule has 0 saturated carbocycles. The Morgan fingerprint density at radius 2 is 1.49 bits per heavy atom. The lowest BCUT2D eigenvalue weighted by Gasteiger charge is -2.20. The van der Waals surface area contributed by atoms with Crippen LogP contribution in [0.15, 0.2) is 84.9 Å². The van der Waals surface area contributed by atoms with Crippen LogP contribution in [0.5, 0.6) is 0 Å². The number of unbranched alkanes of at least 4 members (excludes halogenated alkanes) is 1. The van der Waals surface area contributed by atoms with Gasteiger partial charge >= 0.3 is 5.97 Å². The van der Waals surface area contributed by atoms with Gasteiger partial charge in [0.15, 0.2) is 0 Å². The number of aliphatic hydroxyl groups excluding tert-OH is 2. The molecule has 4 rings (SSSR count). The summed E-state index contributed by atoms with van der Waals surface area (Å²) in [7, 11) is 1.61. The van der Waals surface area contributed by atoms with Crippen LogP contribution in [-0.2, 0) is 20.8 Å². The first kappa shape index (κ1) is 35.5. The maximum Gasteiger partial charge on any atom is 0.308 e. The van der Waals surface area contributed by atoms with Gasteiger partial charge in [-0.05, 0) is 79.1 Å². The highest BCUT2D eigenvalue weighted by Gasteiger charge is 2.31. The van der Waals surface area contributed by atoms with Crippen LogP contribution in [0.25, 0.3) is 22.4 Å². The van der Waals surface area contributed by atoms with Crippen molar-refractivity contribution in [3.8, 4) is 22.4 Å². The van der Waals surface area contributed by atoms with Gasteiger partial charge in [0, 0.05) is 37.2 Å². The van der Waals surface area contributed by atoms with E-state index >= 15 is 0 Å². The number of rotatable bonds is 17. The highest BCUT2D eigenvalue weighted by atomic mass is 19.1. The summed E-state index contributed by atoms with van der Waals surface area (Å²) in [6.07, 6.45) is -0.579. The molecule has 0 spiro atoms. The third kappa shape index (κ3) is 9.84. The number of aromatic nitrogens is 1. The Bertz CT molecular complexity index is 1570. The first-order valence-electron chi connectivity index (χ1n) is 16.1. The maximum atomic E-state index is 14.2. The largest absolute Gasteiger partial charge is 0.466 e. The molecule has 8 nitrogen and oxygen atoms in total. The van der Waals surface area contributed by atoms with E-state index in [2.05, 4.69) is 5.32 Å². The van der Waals surface area contributed by atoms with Gasteiger partial charge in [0.25, 0.3) is 5.91 Å². The number of ether oxygens (including phenoxy) is 2. The maximum absolute atomic E-state index is 14.2. The number of hydrogen-bond acceptors (Lipinski definition) is 6. The molecule has 9 heteroatoms. The number of carbonyl (C=O) groups excluding carboxylic acids is 2. The molecule has 0 saturated heterocycles. The number of hydrogen-bond donors (Lipinski definition) is 3. The van der Waals surface area contributed by atoms with E-state index in [9.17, 15) is 24.2 Å². The van der Waals surface area contributed by atoms with Crippen molar-refractivity contribution in [3.05, 3.63) is 102 Å². The fourth-order valence-corrected chi connectivity index (χ4v) is 5.79. The van der Waals surface area contributed by atoms with E-state index in [1.165, 1.54) is 12.1 Å². The normalized spacial score (nSPS) is 12.6. The second-order valence-corrected chi connectivity index (χ2v) is 11.9. The number of amides is 1. The van der Waals surface area contributed by atoms with Gasteiger partial charge in [0.2, 0.25) is 0 Å². The average molecular weight is 645 g/mol. The first-order chi connectivity index (χ1) is 22.7. The molecule has 0 aliphatic carbocycles. The minimum Gasteiger partial charge on any atom is -0.466 e. The van der Waals surface area contributed by atoms with E-state index in [1.54, 1.807) is 19.2 Å². The van der Waals surface area contributed by atoms with Crippen LogP contribution >= 0.6 is 0 Å². The number of anilines is 1. The van der Waals surface area contributed by atoms with Crippen molar-refractivity contribution in [1.82, 2.24) is 4.57 Å². The Balaban J connectivity index is 1.67. The van der Waals surface area contributed by atoms with Crippen LogP contribution in [0.3, 0.4) is 0 Å². The fraction of sp³-hybridized carbons (Fsp3) is 0.368. The van der Waals surface area contributed by atoms with Gasteiger partial charge in [-0.15, -0.1) is 0 Å². The van der Waals surface area contributed by atoms with Crippen molar-refractivity contribution in [2.75, 3.05) is 25.6 Å². The first-order valence-corrected chi connectivity index (χ1v) is 16.1. The molecule has 2 atom stereocenters. The topological polar surface area (TPSA) is 110 Å². The molecule has 1 heterocycles. The predicted molar refractivity (Wildman–Crippen MR) is 182 cm³/mol. The molecule has 4 aromatic rings. The summed E-state index contributed by atoms with van der Waals surface area (Å²) >= 11 is 0. The number of nitrogens with zero attached hydrogens (tertiary/aromatic N) is 1. The molecule has 3 aromatic carbocycles. The van der Waals surface area contributed by atoms with Gasteiger partial charge < -0.3 is 29.6 Å². The zero-order chi connectivity index (χ0) is 33.8. The Kier molecular flexibility index (Phi) is 13.3. The monoisotopic (exact) mass is 644 g/mol. The van der Waals surface area contributed by atoms with Crippen LogP contribution in [0.1, 0.15) is 67.9 Å². The third-order valence-electron chi connectivity index (χ3n) is 7.93. The van der Waals surface area contributed by atoms with E-state index in [4.69, 9.17) is 9.47 Å². The molecule has 1 aromatic heterocycles. The Morgan fingerprint density at radius 1 is 0.851 bits per heavy atom. The summed E-state index contributed by atoms with van der Waals surface area (Å²) in [5, 5.41) is 24.6. The number of nitrogens with one attached hydrogen (secondary N) is 1. The minimum absolute atomic E-state index is 0.0180. The van der Waals surface area contributed by atoms with Gasteiger partial charge in [-0.25, -0.2) is 4.39 Å². The molecule has 3 N–H and O–H groups in total. The number of halogens is 1. The van der Waals surface area contributed by atoms with Crippen LogP contribution < -0.4 is 5.32 Å². The molecule has 0 aliphatic rings. The number of esters is 1. The zero-order valence-corrected chi connectivity index (χ0v) is 27.3. The molecule has 0 unspecified atom stereocenters. The molecule has 0 bridgehead atoms. The van der Waals surface area contributed by atoms with E-state index in [0.29, 0.717) is 42.0 Å². The van der Waals surface area contributed by atoms with Crippen LogP contribution in [0, 0.1) is 5.82 Å². The molecule has 47 heavy (non-hydrogen) atoms. The Hall–Kier alpha value is -4.31. The number of carbonyl (C=O) groups is 2.